The first-order valence-electron chi connectivity index (χ1n) is 6.87. The molecule has 1 amide bonds. The van der Waals surface area contributed by atoms with Gasteiger partial charge in [-0.25, -0.2) is 0 Å². The molecule has 2 aliphatic rings. The number of hydrogen-bond donors (Lipinski definition) is 3. The zero-order chi connectivity index (χ0) is 13.6. The topological polar surface area (TPSA) is 94.0 Å². The van der Waals surface area contributed by atoms with Crippen molar-refractivity contribution in [2.24, 2.45) is 23.5 Å². The van der Waals surface area contributed by atoms with Crippen molar-refractivity contribution in [1.82, 2.24) is 4.37 Å². The predicted octanol–water partition coefficient (Wildman–Crippen LogP) is 2.06. The van der Waals surface area contributed by atoms with Gasteiger partial charge in [0.2, 0.25) is 0 Å². The third-order valence-corrected chi connectivity index (χ3v) is 5.55. The molecule has 3 rings (SSSR count). The zero-order valence-electron chi connectivity index (χ0n) is 11.1. The standard InChI is InChI=1S/C13H20N4OS/c1-6(9-5-7-2-3-8(9)4-7)16-13-10(12(15)18)11(14)17-19-13/h6-9,16H,2-5H2,1H3,(H2,14,17)(H2,15,18). The fourth-order valence-electron chi connectivity index (χ4n) is 3.86. The van der Waals surface area contributed by atoms with Crippen LogP contribution >= 0.6 is 11.5 Å². The molecule has 104 valence electrons. The summed E-state index contributed by atoms with van der Waals surface area (Å²) in [5.41, 5.74) is 11.4. The van der Waals surface area contributed by atoms with Crippen molar-refractivity contribution in [2.75, 3.05) is 11.1 Å². The molecule has 2 saturated carbocycles. The number of nitrogens with zero attached hydrogens (tertiary/aromatic N) is 1. The second-order valence-electron chi connectivity index (χ2n) is 5.91. The van der Waals surface area contributed by atoms with E-state index in [0.717, 1.165) is 16.8 Å². The molecule has 0 saturated heterocycles. The summed E-state index contributed by atoms with van der Waals surface area (Å²) in [7, 11) is 0. The molecule has 4 atom stereocenters. The molecule has 4 unspecified atom stereocenters. The highest BCUT2D eigenvalue weighted by Gasteiger charge is 2.42. The molecule has 0 aliphatic heterocycles. The van der Waals surface area contributed by atoms with Crippen molar-refractivity contribution in [1.29, 1.82) is 0 Å². The lowest BCUT2D eigenvalue weighted by atomic mass is 9.84. The van der Waals surface area contributed by atoms with Gasteiger partial charge in [-0.2, -0.15) is 4.37 Å². The number of nitrogens with one attached hydrogen (secondary N) is 1. The number of aromatic nitrogens is 1. The van der Waals surface area contributed by atoms with Gasteiger partial charge < -0.3 is 16.8 Å². The van der Waals surface area contributed by atoms with Crippen LogP contribution in [-0.4, -0.2) is 16.3 Å². The minimum atomic E-state index is -0.506. The molecule has 0 spiro atoms. The van der Waals surface area contributed by atoms with Crippen LogP contribution in [0.2, 0.25) is 0 Å². The summed E-state index contributed by atoms with van der Waals surface area (Å²) >= 11 is 1.22. The van der Waals surface area contributed by atoms with Crippen molar-refractivity contribution in [3.05, 3.63) is 5.56 Å². The van der Waals surface area contributed by atoms with Gasteiger partial charge in [0, 0.05) is 6.04 Å². The normalized spacial score (nSPS) is 30.5. The van der Waals surface area contributed by atoms with Gasteiger partial charge in [-0.15, -0.1) is 0 Å². The molecule has 2 bridgehead atoms. The van der Waals surface area contributed by atoms with Gasteiger partial charge >= 0.3 is 0 Å². The Kier molecular flexibility index (Phi) is 3.12. The Morgan fingerprint density at radius 3 is 2.84 bits per heavy atom. The molecule has 1 heterocycles. The summed E-state index contributed by atoms with van der Waals surface area (Å²) in [4.78, 5) is 11.4. The molecule has 2 aliphatic carbocycles. The second-order valence-corrected chi connectivity index (χ2v) is 6.68. The number of anilines is 2. The van der Waals surface area contributed by atoms with Crippen LogP contribution < -0.4 is 16.8 Å². The Morgan fingerprint density at radius 1 is 1.47 bits per heavy atom. The Labute approximate surface area is 116 Å². The fourth-order valence-corrected chi connectivity index (χ4v) is 4.68. The summed E-state index contributed by atoms with van der Waals surface area (Å²) in [5, 5.41) is 4.14. The van der Waals surface area contributed by atoms with E-state index in [4.69, 9.17) is 11.5 Å². The van der Waals surface area contributed by atoms with Gasteiger partial charge in [0.25, 0.3) is 5.91 Å². The molecule has 19 heavy (non-hydrogen) atoms. The molecule has 0 aromatic carbocycles. The van der Waals surface area contributed by atoms with Crippen LogP contribution in [0.15, 0.2) is 0 Å². The Hall–Kier alpha value is -1.30. The highest BCUT2D eigenvalue weighted by molar-refractivity contribution is 7.11. The smallest absolute Gasteiger partial charge is 0.255 e. The van der Waals surface area contributed by atoms with Crippen LogP contribution in [0.1, 0.15) is 43.0 Å². The number of fused-ring (bicyclic) bond motifs is 2. The third kappa shape index (κ3) is 2.18. The summed E-state index contributed by atoms with van der Waals surface area (Å²) in [5.74, 6) is 2.19. The SMILES string of the molecule is CC(Nc1snc(N)c1C(N)=O)C1CC2CCC1C2. The minimum Gasteiger partial charge on any atom is -0.382 e. The van der Waals surface area contributed by atoms with Crippen molar-refractivity contribution >= 4 is 28.3 Å². The first kappa shape index (κ1) is 12.7. The minimum absolute atomic E-state index is 0.236. The summed E-state index contributed by atoms with van der Waals surface area (Å²) in [6.45, 7) is 2.19. The zero-order valence-corrected chi connectivity index (χ0v) is 11.9. The van der Waals surface area contributed by atoms with E-state index in [1.54, 1.807) is 0 Å². The van der Waals surface area contributed by atoms with Gasteiger partial charge in [0.15, 0.2) is 5.82 Å². The van der Waals surface area contributed by atoms with E-state index in [2.05, 4.69) is 16.6 Å². The molecular weight excluding hydrogens is 260 g/mol. The summed E-state index contributed by atoms with van der Waals surface area (Å²) < 4.78 is 4.02. The molecule has 0 radical (unpaired) electrons. The number of carbonyl (C=O) groups excluding carboxylic acids is 1. The second kappa shape index (κ2) is 4.67. The molecule has 5 N–H and O–H groups in total. The lowest BCUT2D eigenvalue weighted by Crippen LogP contribution is -2.30. The highest BCUT2D eigenvalue weighted by Crippen LogP contribution is 2.50. The highest BCUT2D eigenvalue weighted by atomic mass is 32.1. The van der Waals surface area contributed by atoms with Gasteiger partial charge in [0.05, 0.1) is 0 Å². The van der Waals surface area contributed by atoms with E-state index in [9.17, 15) is 4.79 Å². The lowest BCUT2D eigenvalue weighted by Gasteiger charge is -2.28. The van der Waals surface area contributed by atoms with Crippen LogP contribution in [-0.2, 0) is 0 Å². The Morgan fingerprint density at radius 2 is 2.26 bits per heavy atom. The number of hydrogen-bond acceptors (Lipinski definition) is 5. The van der Waals surface area contributed by atoms with Gasteiger partial charge in [-0.05, 0) is 55.5 Å². The van der Waals surface area contributed by atoms with Crippen LogP contribution in [0.3, 0.4) is 0 Å². The number of amides is 1. The molecule has 5 nitrogen and oxygen atoms in total. The molecule has 2 fully saturated rings. The molecule has 6 heteroatoms. The van der Waals surface area contributed by atoms with Crippen LogP contribution in [0.5, 0.6) is 0 Å². The number of carbonyl (C=O) groups is 1. The number of nitrogen functional groups attached to an aromatic ring is 1. The van der Waals surface area contributed by atoms with E-state index in [1.165, 1.54) is 37.2 Å². The van der Waals surface area contributed by atoms with Crippen molar-refractivity contribution < 1.29 is 4.79 Å². The van der Waals surface area contributed by atoms with Crippen molar-refractivity contribution in [3.63, 3.8) is 0 Å². The van der Waals surface area contributed by atoms with E-state index in [1.807, 2.05) is 0 Å². The lowest BCUT2D eigenvalue weighted by molar-refractivity contribution is 0.100. The van der Waals surface area contributed by atoms with Crippen LogP contribution in [0.25, 0.3) is 0 Å². The average Bonchev–Trinajstić information content (AvgIpc) is 3.04. The van der Waals surface area contributed by atoms with Crippen molar-refractivity contribution in [2.45, 2.75) is 38.6 Å². The fraction of sp³-hybridized carbons (Fsp3) is 0.692. The van der Waals surface area contributed by atoms with E-state index in [-0.39, 0.29) is 5.82 Å². The first-order valence-corrected chi connectivity index (χ1v) is 7.65. The molecule has 1 aromatic rings. The maximum Gasteiger partial charge on any atom is 0.255 e. The molecular formula is C13H20N4OS. The van der Waals surface area contributed by atoms with Crippen LogP contribution in [0.4, 0.5) is 10.8 Å². The summed E-state index contributed by atoms with van der Waals surface area (Å²) in [6, 6.07) is 0.341. The van der Waals surface area contributed by atoms with E-state index < -0.39 is 5.91 Å². The Balaban J connectivity index is 1.73. The maximum absolute atomic E-state index is 11.4. The first-order chi connectivity index (χ1) is 9.06. The number of primary amides is 1. The van der Waals surface area contributed by atoms with Gasteiger partial charge in [-0.1, -0.05) is 6.42 Å². The maximum atomic E-state index is 11.4. The number of rotatable bonds is 4. The monoisotopic (exact) mass is 280 g/mol. The van der Waals surface area contributed by atoms with E-state index in [0.29, 0.717) is 17.5 Å². The Bertz CT molecular complexity index is 501. The predicted molar refractivity (Wildman–Crippen MR) is 77.1 cm³/mol. The molecule has 1 aromatic heterocycles. The van der Waals surface area contributed by atoms with Crippen molar-refractivity contribution in [3.8, 4) is 0 Å². The largest absolute Gasteiger partial charge is 0.382 e. The van der Waals surface area contributed by atoms with E-state index >= 15 is 0 Å². The third-order valence-electron chi connectivity index (χ3n) is 4.76. The van der Waals surface area contributed by atoms with Crippen LogP contribution in [0, 0.1) is 17.8 Å². The average molecular weight is 280 g/mol. The van der Waals surface area contributed by atoms with Gasteiger partial charge in [0.1, 0.15) is 10.6 Å². The quantitative estimate of drug-likeness (QED) is 0.787. The summed E-state index contributed by atoms with van der Waals surface area (Å²) in [6.07, 6.45) is 5.44. The van der Waals surface area contributed by atoms with Gasteiger partial charge in [-0.3, -0.25) is 4.79 Å². The number of nitrogens with two attached hydrogens (primary N) is 2.